The molecule has 0 unspecified atom stereocenters. The molecule has 1 saturated heterocycles. The van der Waals surface area contributed by atoms with Crippen LogP contribution in [0.15, 0.2) is 78.2 Å². The van der Waals surface area contributed by atoms with E-state index in [2.05, 4.69) is 6.58 Å². The maximum atomic E-state index is 15.0. The lowest BCUT2D eigenvalue weighted by molar-refractivity contribution is -0.0806. The molecule has 9 heteroatoms. The lowest BCUT2D eigenvalue weighted by Gasteiger charge is -2.30. The summed E-state index contributed by atoms with van der Waals surface area (Å²) in [4.78, 5) is -0.265. The molecule has 0 spiro atoms. The van der Waals surface area contributed by atoms with E-state index in [9.17, 15) is 12.8 Å². The summed E-state index contributed by atoms with van der Waals surface area (Å²) in [6.45, 7) is 4.07. The predicted octanol–water partition coefficient (Wildman–Crippen LogP) is 5.96. The van der Waals surface area contributed by atoms with Gasteiger partial charge in [-0.1, -0.05) is 65.7 Å². The average Bonchev–Trinajstić information content (AvgIpc) is 2.76. The van der Waals surface area contributed by atoms with Gasteiger partial charge in [-0.2, -0.15) is 0 Å². The smallest absolute Gasteiger partial charge is 0.268 e. The van der Waals surface area contributed by atoms with Gasteiger partial charge in [0, 0.05) is 5.02 Å². The normalized spacial score (nSPS) is 13.9. The van der Waals surface area contributed by atoms with Gasteiger partial charge >= 0.3 is 0 Å². The van der Waals surface area contributed by atoms with Gasteiger partial charge in [0.1, 0.15) is 16.8 Å². The van der Waals surface area contributed by atoms with Crippen molar-refractivity contribution in [3.63, 3.8) is 0 Å². The number of halogens is 3. The largest absolute Gasteiger partial charge is 0.483 e. The molecule has 0 aromatic heterocycles. The second kappa shape index (κ2) is 9.73. The predicted molar refractivity (Wildman–Crippen MR) is 128 cm³/mol. The zero-order valence-corrected chi connectivity index (χ0v) is 19.7. The van der Waals surface area contributed by atoms with Gasteiger partial charge in [-0.05, 0) is 35.4 Å². The van der Waals surface area contributed by atoms with Crippen molar-refractivity contribution in [1.29, 1.82) is 0 Å². The first-order valence-corrected chi connectivity index (χ1v) is 12.2. The molecule has 1 heterocycles. The van der Waals surface area contributed by atoms with E-state index in [1.807, 2.05) is 30.3 Å². The van der Waals surface area contributed by atoms with Crippen molar-refractivity contribution in [2.75, 3.05) is 24.1 Å². The van der Waals surface area contributed by atoms with Gasteiger partial charge in [0.05, 0.1) is 30.5 Å². The van der Waals surface area contributed by atoms with Crippen molar-refractivity contribution >= 4 is 38.9 Å². The van der Waals surface area contributed by atoms with Crippen LogP contribution >= 0.6 is 23.2 Å². The van der Waals surface area contributed by atoms with Crippen molar-refractivity contribution < 1.29 is 22.3 Å². The fraction of sp³-hybridized carbons (Fsp3) is 0.167. The summed E-state index contributed by atoms with van der Waals surface area (Å²) in [6.07, 6.45) is 1.03. The number of hydrogen-bond donors (Lipinski definition) is 0. The van der Waals surface area contributed by atoms with Crippen LogP contribution in [0.4, 0.5) is 10.1 Å². The highest BCUT2D eigenvalue weighted by Crippen LogP contribution is 2.40. The van der Waals surface area contributed by atoms with E-state index >= 15 is 0 Å². The third-order valence-corrected chi connectivity index (χ3v) is 7.34. The van der Waals surface area contributed by atoms with Crippen LogP contribution in [0.25, 0.3) is 11.1 Å². The molecule has 0 saturated carbocycles. The van der Waals surface area contributed by atoms with Crippen molar-refractivity contribution in [1.82, 2.24) is 0 Å². The number of anilines is 1. The van der Waals surface area contributed by atoms with Gasteiger partial charge in [-0.25, -0.2) is 12.8 Å². The second-order valence-corrected chi connectivity index (χ2v) is 10.0. The lowest BCUT2D eigenvalue weighted by Crippen LogP contribution is -2.39. The minimum absolute atomic E-state index is 0.0324. The molecular formula is C24H20Cl2FNO4S. The number of sulfonamides is 1. The van der Waals surface area contributed by atoms with E-state index in [0.717, 1.165) is 9.87 Å². The molecule has 1 aliphatic heterocycles. The first-order chi connectivity index (χ1) is 15.8. The Morgan fingerprint density at radius 3 is 2.45 bits per heavy atom. The molecular weight excluding hydrogens is 488 g/mol. The molecule has 1 fully saturated rings. The molecule has 0 radical (unpaired) electrons. The molecule has 0 aliphatic carbocycles. The van der Waals surface area contributed by atoms with E-state index in [1.54, 1.807) is 6.07 Å². The summed E-state index contributed by atoms with van der Waals surface area (Å²) in [6, 6.07) is 16.2. The summed E-state index contributed by atoms with van der Waals surface area (Å²) in [7, 11) is -4.36. The third kappa shape index (κ3) is 4.87. The van der Waals surface area contributed by atoms with E-state index in [0.29, 0.717) is 18.8 Å². The number of nitrogens with zero attached hydrogens (tertiary/aromatic N) is 1. The standard InChI is InChI=1S/C24H20Cl2FNO4S/c1-2-10-28(22-11-17(8-9-21(22)27)16-6-4-3-5-7-16)33(29,30)23-13-18(25)12-20(26)24(23)32-19-14-31-15-19/h2-9,11-13,19H,1,10,14-15H2. The number of hydrogen-bond acceptors (Lipinski definition) is 4. The van der Waals surface area contributed by atoms with Crippen LogP contribution in [0.2, 0.25) is 10.0 Å². The van der Waals surface area contributed by atoms with E-state index in [4.69, 9.17) is 32.7 Å². The van der Waals surface area contributed by atoms with Crippen LogP contribution in [0, 0.1) is 5.82 Å². The van der Waals surface area contributed by atoms with E-state index in [-0.39, 0.29) is 39.0 Å². The van der Waals surface area contributed by atoms with Gasteiger partial charge in [-0.15, -0.1) is 6.58 Å². The Morgan fingerprint density at radius 2 is 1.82 bits per heavy atom. The minimum Gasteiger partial charge on any atom is -0.483 e. The van der Waals surface area contributed by atoms with Gasteiger partial charge in [0.25, 0.3) is 10.0 Å². The first kappa shape index (κ1) is 23.6. The minimum atomic E-state index is -4.36. The monoisotopic (exact) mass is 507 g/mol. The molecule has 172 valence electrons. The van der Waals surface area contributed by atoms with Crippen molar-refractivity contribution in [2.24, 2.45) is 0 Å². The van der Waals surface area contributed by atoms with Crippen molar-refractivity contribution in [3.05, 3.63) is 89.2 Å². The first-order valence-electron chi connectivity index (χ1n) is 10.0. The summed E-state index contributed by atoms with van der Waals surface area (Å²) >= 11 is 12.4. The highest BCUT2D eigenvalue weighted by Gasteiger charge is 2.33. The van der Waals surface area contributed by atoms with E-state index in [1.165, 1.54) is 30.3 Å². The molecule has 0 bridgehead atoms. The second-order valence-electron chi connectivity index (χ2n) is 7.35. The number of rotatable bonds is 8. The van der Waals surface area contributed by atoms with Crippen molar-refractivity contribution in [3.8, 4) is 16.9 Å². The highest BCUT2D eigenvalue weighted by atomic mass is 35.5. The molecule has 33 heavy (non-hydrogen) atoms. The maximum absolute atomic E-state index is 15.0. The van der Waals surface area contributed by atoms with Crippen LogP contribution in [-0.2, 0) is 14.8 Å². The average molecular weight is 508 g/mol. The maximum Gasteiger partial charge on any atom is 0.268 e. The Hall–Kier alpha value is -2.58. The summed E-state index contributed by atoms with van der Waals surface area (Å²) in [5, 5.41) is 0.137. The molecule has 3 aromatic rings. The van der Waals surface area contributed by atoms with Gasteiger partial charge in [0.2, 0.25) is 0 Å². The van der Waals surface area contributed by atoms with Gasteiger partial charge in [0.15, 0.2) is 5.75 Å². The Labute approximate surface area is 202 Å². The van der Waals surface area contributed by atoms with Crippen LogP contribution in [-0.4, -0.2) is 34.3 Å². The fourth-order valence-electron chi connectivity index (χ4n) is 3.37. The molecule has 0 amide bonds. The highest BCUT2D eigenvalue weighted by molar-refractivity contribution is 7.93. The van der Waals surface area contributed by atoms with Gasteiger partial charge < -0.3 is 9.47 Å². The molecule has 0 N–H and O–H groups in total. The van der Waals surface area contributed by atoms with E-state index < -0.39 is 15.8 Å². The molecule has 4 rings (SSSR count). The van der Waals surface area contributed by atoms with Crippen molar-refractivity contribution in [2.45, 2.75) is 11.0 Å². The third-order valence-electron chi connectivity index (χ3n) is 5.05. The molecule has 3 aromatic carbocycles. The zero-order chi connectivity index (χ0) is 23.6. The quantitative estimate of drug-likeness (QED) is 0.353. The molecule has 1 aliphatic rings. The zero-order valence-electron chi connectivity index (χ0n) is 17.4. The lowest BCUT2D eigenvalue weighted by atomic mass is 10.1. The summed E-state index contributed by atoms with van der Waals surface area (Å²) in [5.41, 5.74) is 1.34. The fourth-order valence-corrected chi connectivity index (χ4v) is 5.63. The molecule has 0 atom stereocenters. The summed E-state index contributed by atoms with van der Waals surface area (Å²) < 4.78 is 54.5. The Kier molecular flexibility index (Phi) is 6.95. The van der Waals surface area contributed by atoms with Gasteiger partial charge in [-0.3, -0.25) is 4.31 Å². The topological polar surface area (TPSA) is 55.8 Å². The SMILES string of the molecule is C=CCN(c1cc(-c2ccccc2)ccc1F)S(=O)(=O)c1cc(Cl)cc(Cl)c1OC1COC1. The Morgan fingerprint density at radius 1 is 1.09 bits per heavy atom. The van der Waals surface area contributed by atoms with Crippen LogP contribution in [0.3, 0.4) is 0 Å². The number of benzene rings is 3. The summed E-state index contributed by atoms with van der Waals surface area (Å²) in [5.74, 6) is -0.758. The van der Waals surface area contributed by atoms with Crippen LogP contribution < -0.4 is 9.04 Å². The van der Waals surface area contributed by atoms with Crippen LogP contribution in [0.5, 0.6) is 5.75 Å². The Bertz CT molecular complexity index is 1280. The Balaban J connectivity index is 1.84. The van der Waals surface area contributed by atoms with Crippen LogP contribution in [0.1, 0.15) is 0 Å². The molecule has 5 nitrogen and oxygen atoms in total. The number of ether oxygens (including phenoxy) is 2.